The predicted octanol–water partition coefficient (Wildman–Crippen LogP) is 3.03. The third-order valence-electron chi connectivity index (χ3n) is 3.10. The van der Waals surface area contributed by atoms with Crippen molar-refractivity contribution in [3.63, 3.8) is 0 Å². The fourth-order valence-corrected chi connectivity index (χ4v) is 2.33. The summed E-state index contributed by atoms with van der Waals surface area (Å²) in [4.78, 5) is 17.4. The van der Waals surface area contributed by atoms with E-state index in [1.807, 2.05) is 27.7 Å². The van der Waals surface area contributed by atoms with E-state index in [-0.39, 0.29) is 5.91 Å². The lowest BCUT2D eigenvalue weighted by Gasteiger charge is -2.21. The number of nitriles is 1. The second-order valence-corrected chi connectivity index (χ2v) is 5.22. The summed E-state index contributed by atoms with van der Waals surface area (Å²) in [6.45, 7) is 7.56. The molecule has 5 heteroatoms. The Morgan fingerprint density at radius 1 is 1.47 bits per heavy atom. The highest BCUT2D eigenvalue weighted by molar-refractivity contribution is 7.15. The number of hydrogen-bond acceptors (Lipinski definition) is 4. The number of aromatic nitrogens is 1. The van der Waals surface area contributed by atoms with E-state index < -0.39 is 5.41 Å². The van der Waals surface area contributed by atoms with Crippen LogP contribution in [0.25, 0.3) is 0 Å². The maximum atomic E-state index is 12.1. The fourth-order valence-electron chi connectivity index (χ4n) is 1.52. The number of thiazole rings is 1. The summed E-state index contributed by atoms with van der Waals surface area (Å²) >= 11 is 1.44. The molecule has 0 saturated carbocycles. The van der Waals surface area contributed by atoms with Gasteiger partial charge in [0.1, 0.15) is 5.41 Å². The van der Waals surface area contributed by atoms with E-state index in [1.165, 1.54) is 11.3 Å². The van der Waals surface area contributed by atoms with Crippen molar-refractivity contribution >= 4 is 22.4 Å². The Hall–Kier alpha value is -1.41. The highest BCUT2D eigenvalue weighted by Gasteiger charge is 2.35. The zero-order valence-electron chi connectivity index (χ0n) is 10.6. The van der Waals surface area contributed by atoms with Crippen molar-refractivity contribution in [2.45, 2.75) is 40.5 Å². The van der Waals surface area contributed by atoms with Crippen molar-refractivity contribution in [1.82, 2.24) is 4.98 Å². The Morgan fingerprint density at radius 3 is 2.41 bits per heavy atom. The quantitative estimate of drug-likeness (QED) is 0.894. The SMILES string of the molecule is CCC(C#N)(CC)C(=O)Nc1nc(C)c(C)s1. The lowest BCUT2D eigenvalue weighted by atomic mass is 9.83. The van der Waals surface area contributed by atoms with Crippen LogP contribution < -0.4 is 5.32 Å². The third kappa shape index (κ3) is 2.64. The van der Waals surface area contributed by atoms with E-state index in [9.17, 15) is 4.79 Å². The predicted molar refractivity (Wildman–Crippen MR) is 68.8 cm³/mol. The lowest BCUT2D eigenvalue weighted by Crippen LogP contribution is -2.33. The van der Waals surface area contributed by atoms with Gasteiger partial charge in [0, 0.05) is 4.88 Å². The van der Waals surface area contributed by atoms with Gasteiger partial charge < -0.3 is 5.32 Å². The second kappa shape index (κ2) is 5.28. The van der Waals surface area contributed by atoms with Crippen LogP contribution in [0.3, 0.4) is 0 Å². The molecule has 0 aliphatic carbocycles. The van der Waals surface area contributed by atoms with Gasteiger partial charge in [-0.3, -0.25) is 4.79 Å². The van der Waals surface area contributed by atoms with Gasteiger partial charge >= 0.3 is 0 Å². The number of aryl methyl sites for hydroxylation is 2. The molecule has 0 fully saturated rings. The number of rotatable bonds is 4. The molecule has 0 spiro atoms. The van der Waals surface area contributed by atoms with Gasteiger partial charge in [0.15, 0.2) is 5.13 Å². The normalized spacial score (nSPS) is 11.0. The van der Waals surface area contributed by atoms with Crippen LogP contribution in [-0.4, -0.2) is 10.9 Å². The topological polar surface area (TPSA) is 65.8 Å². The Kier molecular flexibility index (Phi) is 4.24. The molecule has 17 heavy (non-hydrogen) atoms. The number of anilines is 1. The van der Waals surface area contributed by atoms with E-state index in [2.05, 4.69) is 16.4 Å². The molecule has 0 bridgehead atoms. The average molecular weight is 251 g/mol. The van der Waals surface area contributed by atoms with E-state index in [0.717, 1.165) is 10.6 Å². The van der Waals surface area contributed by atoms with Crippen LogP contribution in [0.5, 0.6) is 0 Å². The minimum atomic E-state index is -0.937. The summed E-state index contributed by atoms with van der Waals surface area (Å²) < 4.78 is 0. The monoisotopic (exact) mass is 251 g/mol. The first kappa shape index (κ1) is 13.7. The molecule has 0 aliphatic heterocycles. The Morgan fingerprint density at radius 2 is 2.06 bits per heavy atom. The lowest BCUT2D eigenvalue weighted by molar-refractivity contribution is -0.123. The molecular weight excluding hydrogens is 234 g/mol. The van der Waals surface area contributed by atoms with Crippen LogP contribution in [0.1, 0.15) is 37.3 Å². The van der Waals surface area contributed by atoms with Gasteiger partial charge in [-0.05, 0) is 26.7 Å². The van der Waals surface area contributed by atoms with Crippen LogP contribution >= 0.6 is 11.3 Å². The van der Waals surface area contributed by atoms with Gasteiger partial charge in [-0.25, -0.2) is 4.98 Å². The molecule has 92 valence electrons. The molecule has 1 aromatic heterocycles. The Bertz CT molecular complexity index is 435. The molecule has 1 amide bonds. The van der Waals surface area contributed by atoms with E-state index in [1.54, 1.807) is 0 Å². The first-order valence-corrected chi connectivity index (χ1v) is 6.47. The van der Waals surface area contributed by atoms with Crippen LogP contribution in [0.15, 0.2) is 0 Å². The number of nitrogens with one attached hydrogen (secondary N) is 1. The van der Waals surface area contributed by atoms with Gasteiger partial charge in [0.25, 0.3) is 0 Å². The van der Waals surface area contributed by atoms with Crippen molar-refractivity contribution in [1.29, 1.82) is 5.26 Å². The van der Waals surface area contributed by atoms with Gasteiger partial charge in [0.2, 0.25) is 5.91 Å². The van der Waals surface area contributed by atoms with Crippen molar-refractivity contribution in [3.05, 3.63) is 10.6 Å². The van der Waals surface area contributed by atoms with Crippen LogP contribution in [0.2, 0.25) is 0 Å². The molecule has 0 atom stereocenters. The molecule has 1 aromatic rings. The minimum Gasteiger partial charge on any atom is -0.301 e. The number of nitrogens with zero attached hydrogens (tertiary/aromatic N) is 2. The molecule has 0 saturated heterocycles. The highest BCUT2D eigenvalue weighted by atomic mass is 32.1. The largest absolute Gasteiger partial charge is 0.301 e. The van der Waals surface area contributed by atoms with Crippen LogP contribution in [0, 0.1) is 30.6 Å². The van der Waals surface area contributed by atoms with Crippen molar-refractivity contribution < 1.29 is 4.79 Å². The average Bonchev–Trinajstić information content (AvgIpc) is 2.61. The minimum absolute atomic E-state index is 0.251. The molecule has 1 N–H and O–H groups in total. The van der Waals surface area contributed by atoms with Crippen LogP contribution in [-0.2, 0) is 4.79 Å². The first-order chi connectivity index (χ1) is 7.99. The van der Waals surface area contributed by atoms with Crippen molar-refractivity contribution in [3.8, 4) is 6.07 Å². The molecule has 0 unspecified atom stereocenters. The Balaban J connectivity index is 2.89. The van der Waals surface area contributed by atoms with Gasteiger partial charge in [-0.2, -0.15) is 5.26 Å². The first-order valence-electron chi connectivity index (χ1n) is 5.65. The molecule has 0 aliphatic rings. The Labute approximate surface area is 106 Å². The smallest absolute Gasteiger partial charge is 0.246 e. The number of hydrogen-bond donors (Lipinski definition) is 1. The summed E-state index contributed by atoms with van der Waals surface area (Å²) in [5, 5.41) is 12.5. The van der Waals surface area contributed by atoms with E-state index in [0.29, 0.717) is 18.0 Å². The third-order valence-corrected chi connectivity index (χ3v) is 4.09. The maximum Gasteiger partial charge on any atom is 0.246 e. The summed E-state index contributed by atoms with van der Waals surface area (Å²) in [6, 6.07) is 2.12. The van der Waals surface area contributed by atoms with Crippen LogP contribution in [0.4, 0.5) is 5.13 Å². The maximum absolute atomic E-state index is 12.1. The molecule has 1 rings (SSSR count). The van der Waals surface area contributed by atoms with Gasteiger partial charge in [0.05, 0.1) is 11.8 Å². The number of amides is 1. The highest BCUT2D eigenvalue weighted by Crippen LogP contribution is 2.29. The summed E-state index contributed by atoms with van der Waals surface area (Å²) in [5.41, 5.74) is -0.0196. The molecule has 1 heterocycles. The van der Waals surface area contributed by atoms with Crippen molar-refractivity contribution in [2.75, 3.05) is 5.32 Å². The second-order valence-electron chi connectivity index (χ2n) is 4.02. The summed E-state index contributed by atoms with van der Waals surface area (Å²) in [5.74, 6) is -0.251. The molecule has 0 radical (unpaired) electrons. The fraction of sp³-hybridized carbons (Fsp3) is 0.583. The molecule has 4 nitrogen and oxygen atoms in total. The zero-order valence-corrected chi connectivity index (χ0v) is 11.4. The number of carbonyl (C=O) groups is 1. The molecular formula is C12H17N3OS. The number of carbonyl (C=O) groups excluding carboxylic acids is 1. The standard InChI is InChI=1S/C12H17N3OS/c1-5-12(6-2,7-13)10(16)15-11-14-8(3)9(4)17-11/h5-6H2,1-4H3,(H,14,15,16). The van der Waals surface area contributed by atoms with E-state index in [4.69, 9.17) is 5.26 Å². The summed E-state index contributed by atoms with van der Waals surface area (Å²) in [7, 11) is 0. The van der Waals surface area contributed by atoms with E-state index >= 15 is 0 Å². The van der Waals surface area contributed by atoms with Gasteiger partial charge in [-0.15, -0.1) is 11.3 Å². The summed E-state index contributed by atoms with van der Waals surface area (Å²) in [6.07, 6.45) is 1.02. The zero-order chi connectivity index (χ0) is 13.1. The van der Waals surface area contributed by atoms with Gasteiger partial charge in [-0.1, -0.05) is 13.8 Å². The van der Waals surface area contributed by atoms with Crippen molar-refractivity contribution in [2.24, 2.45) is 5.41 Å². The molecule has 0 aromatic carbocycles.